The second kappa shape index (κ2) is 8.05. The van der Waals surface area contributed by atoms with Crippen molar-refractivity contribution in [3.8, 4) is 0 Å². The largest absolute Gasteiger partial charge is 0.388 e. The van der Waals surface area contributed by atoms with Gasteiger partial charge >= 0.3 is 0 Å². The number of rotatable bonds is 5. The van der Waals surface area contributed by atoms with Crippen LogP contribution in [-0.4, -0.2) is 70.2 Å². The minimum atomic E-state index is -3.16. The number of anilines is 2. The molecular weight excluding hydrogens is 406 g/mol. The molecule has 0 radical (unpaired) electrons. The van der Waals surface area contributed by atoms with E-state index >= 15 is 0 Å². The number of nitrogens with zero attached hydrogens (tertiary/aromatic N) is 4. The molecule has 166 valence electrons. The number of nitrogens with one attached hydrogen (secondary N) is 1. The minimum Gasteiger partial charge on any atom is -0.388 e. The maximum absolute atomic E-state index is 12.8. The van der Waals surface area contributed by atoms with E-state index in [1.807, 2.05) is 0 Å². The molecule has 0 spiro atoms. The van der Waals surface area contributed by atoms with Gasteiger partial charge in [-0.15, -0.1) is 0 Å². The zero-order chi connectivity index (χ0) is 21.5. The fourth-order valence-corrected chi connectivity index (χ4v) is 5.97. The third-order valence-electron chi connectivity index (χ3n) is 6.68. The number of aromatic nitrogens is 2. The van der Waals surface area contributed by atoms with Crippen molar-refractivity contribution in [2.24, 2.45) is 0 Å². The van der Waals surface area contributed by atoms with Crippen molar-refractivity contribution in [3.63, 3.8) is 0 Å². The Labute approximate surface area is 177 Å². The van der Waals surface area contributed by atoms with Crippen molar-refractivity contribution in [3.05, 3.63) is 11.8 Å². The highest BCUT2D eigenvalue weighted by Crippen LogP contribution is 2.39. The maximum Gasteiger partial charge on any atom is 0.228 e. The third kappa shape index (κ3) is 4.04. The number of carbonyl (C=O) groups excluding carboxylic acids is 1. The Morgan fingerprint density at radius 3 is 2.63 bits per heavy atom. The fraction of sp³-hybridized carbons (Fsp3) is 0.750. The van der Waals surface area contributed by atoms with E-state index in [1.165, 1.54) is 0 Å². The van der Waals surface area contributed by atoms with Crippen LogP contribution in [0, 0.1) is 0 Å². The van der Waals surface area contributed by atoms with Crippen molar-refractivity contribution < 1.29 is 18.3 Å². The summed E-state index contributed by atoms with van der Waals surface area (Å²) in [7, 11) is -3.16. The second-order valence-electron chi connectivity index (χ2n) is 8.79. The van der Waals surface area contributed by atoms with Crippen LogP contribution in [0.15, 0.2) is 6.20 Å². The van der Waals surface area contributed by atoms with Gasteiger partial charge in [0.05, 0.1) is 17.4 Å². The smallest absolute Gasteiger partial charge is 0.228 e. The first-order chi connectivity index (χ1) is 14.2. The Bertz CT molecular complexity index is 912. The van der Waals surface area contributed by atoms with Crippen LogP contribution in [0.5, 0.6) is 0 Å². The molecule has 3 heterocycles. The number of piperidine rings is 1. The zero-order valence-electron chi connectivity index (χ0n) is 17.7. The van der Waals surface area contributed by atoms with Crippen molar-refractivity contribution in [1.82, 2.24) is 14.3 Å². The van der Waals surface area contributed by atoms with Crippen molar-refractivity contribution in [2.45, 2.75) is 76.5 Å². The average molecular weight is 438 g/mol. The van der Waals surface area contributed by atoms with Crippen LogP contribution in [0.3, 0.4) is 0 Å². The quantitative estimate of drug-likeness (QED) is 0.713. The first-order valence-corrected chi connectivity index (χ1v) is 12.5. The van der Waals surface area contributed by atoms with Gasteiger partial charge in [0.2, 0.25) is 21.9 Å². The van der Waals surface area contributed by atoms with E-state index in [2.05, 4.69) is 15.3 Å². The molecule has 1 aromatic heterocycles. The maximum atomic E-state index is 12.8. The molecule has 4 rings (SSSR count). The van der Waals surface area contributed by atoms with Gasteiger partial charge in [-0.25, -0.2) is 17.7 Å². The van der Waals surface area contributed by atoms with Crippen molar-refractivity contribution in [1.29, 1.82) is 0 Å². The molecule has 2 fully saturated rings. The highest BCUT2D eigenvalue weighted by molar-refractivity contribution is 7.89. The van der Waals surface area contributed by atoms with Crippen LogP contribution in [0.4, 0.5) is 11.8 Å². The topological polar surface area (TPSA) is 116 Å². The van der Waals surface area contributed by atoms with Gasteiger partial charge in [-0.05, 0) is 52.4 Å². The van der Waals surface area contributed by atoms with E-state index in [0.717, 1.165) is 18.4 Å². The van der Waals surface area contributed by atoms with Gasteiger partial charge < -0.3 is 10.4 Å². The lowest BCUT2D eigenvalue weighted by molar-refractivity contribution is -0.120. The summed E-state index contributed by atoms with van der Waals surface area (Å²) in [5.41, 5.74) is 0.00662. The van der Waals surface area contributed by atoms with E-state index in [-0.39, 0.29) is 23.7 Å². The number of hydrogen-bond donors (Lipinski definition) is 2. The van der Waals surface area contributed by atoms with Crippen molar-refractivity contribution in [2.75, 3.05) is 29.1 Å². The minimum absolute atomic E-state index is 0.00240. The SMILES string of the molecule is CCS(=O)(=O)N1CCC(Nc2ncc3c(n2)N([C@H]2CCC[C@]2(C)O)C(=O)CC3)CC1. The lowest BCUT2D eigenvalue weighted by Gasteiger charge is -2.39. The molecule has 9 nitrogen and oxygen atoms in total. The van der Waals surface area contributed by atoms with E-state index in [4.69, 9.17) is 0 Å². The molecule has 1 aromatic rings. The molecule has 0 bridgehead atoms. The van der Waals surface area contributed by atoms with Gasteiger partial charge in [0.25, 0.3) is 0 Å². The molecular formula is C20H31N5O4S. The number of aryl methyl sites for hydroxylation is 1. The molecule has 1 amide bonds. The summed E-state index contributed by atoms with van der Waals surface area (Å²) in [6, 6.07) is -0.192. The van der Waals surface area contributed by atoms with E-state index in [9.17, 15) is 18.3 Å². The fourth-order valence-electron chi connectivity index (χ4n) is 4.84. The number of carbonyl (C=O) groups is 1. The van der Waals surface area contributed by atoms with Crippen LogP contribution in [0.2, 0.25) is 0 Å². The number of amides is 1. The normalized spacial score (nSPS) is 28.6. The molecule has 2 aliphatic heterocycles. The molecule has 2 N–H and O–H groups in total. The summed E-state index contributed by atoms with van der Waals surface area (Å²) < 4.78 is 25.6. The molecule has 0 unspecified atom stereocenters. The average Bonchev–Trinajstić information content (AvgIpc) is 3.07. The molecule has 2 atom stereocenters. The Hall–Kier alpha value is -1.78. The molecule has 1 saturated carbocycles. The zero-order valence-corrected chi connectivity index (χ0v) is 18.5. The highest BCUT2D eigenvalue weighted by atomic mass is 32.2. The number of aliphatic hydroxyl groups is 1. The van der Waals surface area contributed by atoms with E-state index in [0.29, 0.717) is 57.0 Å². The molecule has 3 aliphatic rings. The Morgan fingerprint density at radius 1 is 1.27 bits per heavy atom. The summed E-state index contributed by atoms with van der Waals surface area (Å²) in [5, 5.41) is 14.1. The molecule has 1 saturated heterocycles. The Kier molecular flexibility index (Phi) is 5.75. The van der Waals surface area contributed by atoms with Gasteiger partial charge in [0.15, 0.2) is 0 Å². The number of hydrogen-bond acceptors (Lipinski definition) is 7. The number of fused-ring (bicyclic) bond motifs is 1. The monoisotopic (exact) mass is 437 g/mol. The van der Waals surface area contributed by atoms with Gasteiger partial charge in [0.1, 0.15) is 5.82 Å². The second-order valence-corrected chi connectivity index (χ2v) is 11.0. The third-order valence-corrected chi connectivity index (χ3v) is 8.56. The van der Waals surface area contributed by atoms with Gasteiger partial charge in [0, 0.05) is 37.3 Å². The molecule has 1 aliphatic carbocycles. The molecule has 0 aromatic carbocycles. The summed E-state index contributed by atoms with van der Waals surface area (Å²) in [6.45, 7) is 4.42. The van der Waals surface area contributed by atoms with Crippen LogP contribution < -0.4 is 10.2 Å². The Balaban J connectivity index is 1.50. The lowest BCUT2D eigenvalue weighted by Crippen LogP contribution is -2.52. The van der Waals surface area contributed by atoms with E-state index < -0.39 is 15.6 Å². The molecule has 10 heteroatoms. The molecule has 30 heavy (non-hydrogen) atoms. The summed E-state index contributed by atoms with van der Waals surface area (Å²) >= 11 is 0. The van der Waals surface area contributed by atoms with Crippen LogP contribution >= 0.6 is 0 Å². The Morgan fingerprint density at radius 2 is 2.00 bits per heavy atom. The first kappa shape index (κ1) is 21.5. The van der Waals surface area contributed by atoms with Crippen LogP contribution in [0.1, 0.15) is 57.9 Å². The first-order valence-electron chi connectivity index (χ1n) is 10.9. The van der Waals surface area contributed by atoms with Gasteiger partial charge in [-0.3, -0.25) is 9.69 Å². The van der Waals surface area contributed by atoms with E-state index in [1.54, 1.807) is 29.2 Å². The predicted molar refractivity (Wildman–Crippen MR) is 114 cm³/mol. The predicted octanol–water partition coefficient (Wildman–Crippen LogP) is 1.29. The number of sulfonamides is 1. The van der Waals surface area contributed by atoms with Crippen LogP contribution in [0.25, 0.3) is 0 Å². The van der Waals surface area contributed by atoms with Crippen molar-refractivity contribution >= 4 is 27.7 Å². The van der Waals surface area contributed by atoms with Crippen LogP contribution in [-0.2, 0) is 21.2 Å². The lowest BCUT2D eigenvalue weighted by atomic mass is 9.95. The van der Waals surface area contributed by atoms with Gasteiger partial charge in [-0.1, -0.05) is 0 Å². The summed E-state index contributed by atoms with van der Waals surface area (Å²) in [5.74, 6) is 1.16. The van der Waals surface area contributed by atoms with Gasteiger partial charge in [-0.2, -0.15) is 4.98 Å². The highest BCUT2D eigenvalue weighted by Gasteiger charge is 2.45. The summed E-state index contributed by atoms with van der Waals surface area (Å²) in [6.07, 6.45) is 6.45. The summed E-state index contributed by atoms with van der Waals surface area (Å²) in [4.78, 5) is 23.6. The standard InChI is InChI=1S/C20H31N5O4S/c1-3-30(28,29)24-11-8-15(9-12-24)22-19-21-13-14-6-7-17(26)25(18(14)23-19)16-5-4-10-20(16,2)27/h13,15-16,27H,3-12H2,1-2H3,(H,21,22,23)/t16-,20-/m0/s1.